The largest absolute Gasteiger partial charge is 0.493 e. The average Bonchev–Trinajstić information content (AvgIpc) is 3.11. The Hall–Kier alpha value is -2.09. The summed E-state index contributed by atoms with van der Waals surface area (Å²) >= 11 is 0. The standard InChI is InChI=1S/C21H27NO6/c1-11(23)28-20-17-14-9-16(25-3)15(24-2)8-12(14)10-22-7-6-13(18(17)22)19(26-4)21(20)27-5/h6,8-9,17-21H,7,10H2,1-5H3. The van der Waals surface area contributed by atoms with Crippen molar-refractivity contribution in [1.29, 1.82) is 0 Å². The summed E-state index contributed by atoms with van der Waals surface area (Å²) in [7, 11) is 6.58. The number of carbonyl (C=O) groups excluding carboxylic acids is 1. The highest BCUT2D eigenvalue weighted by molar-refractivity contribution is 5.66. The van der Waals surface area contributed by atoms with Crippen LogP contribution in [0.2, 0.25) is 0 Å². The van der Waals surface area contributed by atoms with E-state index >= 15 is 0 Å². The molecule has 28 heavy (non-hydrogen) atoms. The summed E-state index contributed by atoms with van der Waals surface area (Å²) in [6.45, 7) is 3.05. The monoisotopic (exact) mass is 389 g/mol. The van der Waals surface area contributed by atoms with E-state index in [1.807, 2.05) is 12.1 Å². The molecule has 2 aliphatic heterocycles. The van der Waals surface area contributed by atoms with Gasteiger partial charge in [0.05, 0.1) is 14.2 Å². The van der Waals surface area contributed by atoms with E-state index in [1.54, 1.807) is 28.4 Å². The molecule has 152 valence electrons. The van der Waals surface area contributed by atoms with E-state index in [1.165, 1.54) is 12.5 Å². The lowest BCUT2D eigenvalue weighted by atomic mass is 9.69. The lowest BCUT2D eigenvalue weighted by Gasteiger charge is -2.50. The molecule has 1 fully saturated rings. The number of esters is 1. The van der Waals surface area contributed by atoms with Gasteiger partial charge in [-0.2, -0.15) is 0 Å². The maximum absolute atomic E-state index is 12.0. The Balaban J connectivity index is 1.88. The molecule has 5 atom stereocenters. The van der Waals surface area contributed by atoms with Crippen LogP contribution in [-0.4, -0.2) is 70.2 Å². The molecule has 7 heteroatoms. The summed E-state index contributed by atoms with van der Waals surface area (Å²) in [6.07, 6.45) is 1.12. The molecule has 7 nitrogen and oxygen atoms in total. The molecule has 0 aromatic heterocycles. The van der Waals surface area contributed by atoms with Crippen molar-refractivity contribution in [3.05, 3.63) is 34.9 Å². The molecule has 0 N–H and O–H groups in total. The Morgan fingerprint density at radius 2 is 1.75 bits per heavy atom. The van der Waals surface area contributed by atoms with Crippen LogP contribution in [0.5, 0.6) is 11.5 Å². The first kappa shape index (κ1) is 19.2. The maximum atomic E-state index is 12.0. The molecule has 1 aromatic rings. The van der Waals surface area contributed by atoms with Crippen molar-refractivity contribution in [2.24, 2.45) is 0 Å². The summed E-state index contributed by atoms with van der Waals surface area (Å²) in [4.78, 5) is 14.4. The molecule has 0 radical (unpaired) electrons. The predicted molar refractivity (Wildman–Crippen MR) is 102 cm³/mol. The van der Waals surface area contributed by atoms with Gasteiger partial charge in [0.25, 0.3) is 0 Å². The third-order valence-electron chi connectivity index (χ3n) is 6.15. The van der Waals surface area contributed by atoms with Crippen molar-refractivity contribution in [2.45, 2.75) is 43.7 Å². The van der Waals surface area contributed by atoms with Gasteiger partial charge in [0.1, 0.15) is 18.3 Å². The van der Waals surface area contributed by atoms with Gasteiger partial charge < -0.3 is 23.7 Å². The number of nitrogens with zero attached hydrogens (tertiary/aromatic N) is 1. The first-order valence-corrected chi connectivity index (χ1v) is 9.45. The van der Waals surface area contributed by atoms with Gasteiger partial charge in [-0.15, -0.1) is 0 Å². The van der Waals surface area contributed by atoms with E-state index in [9.17, 15) is 4.79 Å². The second-order valence-electron chi connectivity index (χ2n) is 7.44. The van der Waals surface area contributed by atoms with Crippen LogP contribution in [0.4, 0.5) is 0 Å². The molecule has 0 spiro atoms. The van der Waals surface area contributed by atoms with Crippen LogP contribution < -0.4 is 9.47 Å². The van der Waals surface area contributed by atoms with E-state index in [0.717, 1.165) is 24.2 Å². The molecule has 2 heterocycles. The summed E-state index contributed by atoms with van der Waals surface area (Å²) in [5, 5.41) is 0. The van der Waals surface area contributed by atoms with E-state index in [4.69, 9.17) is 23.7 Å². The minimum absolute atomic E-state index is 0.0717. The Morgan fingerprint density at radius 1 is 1.04 bits per heavy atom. The van der Waals surface area contributed by atoms with Crippen LogP contribution >= 0.6 is 0 Å². The van der Waals surface area contributed by atoms with E-state index in [-0.39, 0.29) is 30.1 Å². The lowest BCUT2D eigenvalue weighted by Crippen LogP contribution is -2.59. The van der Waals surface area contributed by atoms with Gasteiger partial charge in [0, 0.05) is 46.2 Å². The number of benzene rings is 1. The first-order chi connectivity index (χ1) is 13.5. The number of carbonyl (C=O) groups is 1. The summed E-state index contributed by atoms with van der Waals surface area (Å²) in [5.41, 5.74) is 3.45. The fraction of sp³-hybridized carbons (Fsp3) is 0.571. The summed E-state index contributed by atoms with van der Waals surface area (Å²) < 4.78 is 28.5. The normalized spacial score (nSPS) is 30.9. The number of fused-ring (bicyclic) bond motifs is 2. The van der Waals surface area contributed by atoms with Crippen LogP contribution in [0.25, 0.3) is 0 Å². The second-order valence-corrected chi connectivity index (χ2v) is 7.44. The quantitative estimate of drug-likeness (QED) is 0.563. The molecule has 3 aliphatic rings. The molecule has 1 aliphatic carbocycles. The third kappa shape index (κ3) is 2.80. The zero-order chi connectivity index (χ0) is 20.0. The molecule has 4 rings (SSSR count). The predicted octanol–water partition coefficient (Wildman–Crippen LogP) is 1.89. The van der Waals surface area contributed by atoms with Crippen LogP contribution in [-0.2, 0) is 25.5 Å². The van der Waals surface area contributed by atoms with Gasteiger partial charge in [-0.05, 0) is 28.8 Å². The lowest BCUT2D eigenvalue weighted by molar-refractivity contribution is -0.170. The molecule has 0 amide bonds. The number of methoxy groups -OCH3 is 4. The van der Waals surface area contributed by atoms with E-state index < -0.39 is 6.10 Å². The first-order valence-electron chi connectivity index (χ1n) is 9.45. The Labute approximate surface area is 165 Å². The molecule has 5 unspecified atom stereocenters. The zero-order valence-corrected chi connectivity index (χ0v) is 16.9. The van der Waals surface area contributed by atoms with Crippen molar-refractivity contribution < 1.29 is 28.5 Å². The topological polar surface area (TPSA) is 66.5 Å². The molecule has 1 saturated carbocycles. The minimum atomic E-state index is -0.465. The van der Waals surface area contributed by atoms with Crippen molar-refractivity contribution in [2.75, 3.05) is 35.0 Å². The van der Waals surface area contributed by atoms with Gasteiger partial charge in [0.2, 0.25) is 0 Å². The number of hydrogen-bond acceptors (Lipinski definition) is 7. The smallest absolute Gasteiger partial charge is 0.303 e. The van der Waals surface area contributed by atoms with Gasteiger partial charge in [0.15, 0.2) is 11.5 Å². The van der Waals surface area contributed by atoms with E-state index in [2.05, 4.69) is 11.0 Å². The highest BCUT2D eigenvalue weighted by atomic mass is 16.6. The Kier molecular flexibility index (Phi) is 5.07. The highest BCUT2D eigenvalue weighted by Gasteiger charge is 2.56. The minimum Gasteiger partial charge on any atom is -0.493 e. The van der Waals surface area contributed by atoms with Gasteiger partial charge >= 0.3 is 5.97 Å². The molecule has 0 bridgehead atoms. The van der Waals surface area contributed by atoms with Crippen LogP contribution in [0.3, 0.4) is 0 Å². The molecule has 1 aromatic carbocycles. The number of rotatable bonds is 5. The summed E-state index contributed by atoms with van der Waals surface area (Å²) in [5.74, 6) is 0.969. The van der Waals surface area contributed by atoms with Crippen LogP contribution in [0, 0.1) is 0 Å². The maximum Gasteiger partial charge on any atom is 0.303 e. The van der Waals surface area contributed by atoms with Crippen LogP contribution in [0.15, 0.2) is 23.8 Å². The highest BCUT2D eigenvalue weighted by Crippen LogP contribution is 2.51. The van der Waals surface area contributed by atoms with Crippen molar-refractivity contribution in [3.63, 3.8) is 0 Å². The SMILES string of the molecule is COc1cc2c(cc1OC)C1C(OC(C)=O)C(OC)C(OC)C3=CCN(C2)C31. The van der Waals surface area contributed by atoms with E-state index in [0.29, 0.717) is 11.5 Å². The zero-order valence-electron chi connectivity index (χ0n) is 16.9. The molecular weight excluding hydrogens is 362 g/mol. The van der Waals surface area contributed by atoms with Crippen LogP contribution in [0.1, 0.15) is 24.0 Å². The van der Waals surface area contributed by atoms with Gasteiger partial charge in [-0.1, -0.05) is 6.08 Å². The number of hydrogen-bond donors (Lipinski definition) is 0. The fourth-order valence-corrected chi connectivity index (χ4v) is 5.11. The van der Waals surface area contributed by atoms with Gasteiger partial charge in [-0.25, -0.2) is 0 Å². The average molecular weight is 389 g/mol. The molecule has 0 saturated heterocycles. The number of ether oxygens (including phenoxy) is 5. The van der Waals surface area contributed by atoms with Crippen molar-refractivity contribution >= 4 is 5.97 Å². The van der Waals surface area contributed by atoms with Gasteiger partial charge in [-0.3, -0.25) is 9.69 Å². The second kappa shape index (κ2) is 7.39. The van der Waals surface area contributed by atoms with Crippen molar-refractivity contribution in [1.82, 2.24) is 4.90 Å². The molecular formula is C21H27NO6. The Morgan fingerprint density at radius 3 is 2.36 bits per heavy atom. The third-order valence-corrected chi connectivity index (χ3v) is 6.15. The Bertz CT molecular complexity index is 806. The van der Waals surface area contributed by atoms with Crippen molar-refractivity contribution in [3.8, 4) is 11.5 Å². The fourth-order valence-electron chi connectivity index (χ4n) is 5.11. The summed E-state index contributed by atoms with van der Waals surface area (Å²) in [6, 6.07) is 4.14.